The Hall–Kier alpha value is -2.87. The molecule has 8 heteroatoms. The molecule has 0 saturated carbocycles. The third-order valence-corrected chi connectivity index (χ3v) is 6.38. The largest absolute Gasteiger partial charge is 0.417 e. The number of nitrogens with zero attached hydrogens (tertiary/aromatic N) is 5. The summed E-state index contributed by atoms with van der Waals surface area (Å²) in [7, 11) is 0. The molecule has 2 aromatic heterocycles. The van der Waals surface area contributed by atoms with E-state index in [-0.39, 0.29) is 0 Å². The normalized spacial score (nSPS) is 17.4. The number of hydrogen-bond acceptors (Lipinski definition) is 4. The molecule has 32 heavy (non-hydrogen) atoms. The Balaban J connectivity index is 1.28. The van der Waals surface area contributed by atoms with Crippen LogP contribution in [0.15, 0.2) is 48.7 Å². The van der Waals surface area contributed by atoms with E-state index in [0.29, 0.717) is 5.82 Å². The molecule has 0 unspecified atom stereocenters. The first kappa shape index (κ1) is 21.0. The average Bonchev–Trinajstić information content (AvgIpc) is 3.32. The maximum absolute atomic E-state index is 12.8. The van der Waals surface area contributed by atoms with Gasteiger partial charge in [-0.3, -0.25) is 4.90 Å². The minimum atomic E-state index is -4.36. The highest BCUT2D eigenvalue weighted by Crippen LogP contribution is 2.30. The number of rotatable bonds is 4. The Kier molecular flexibility index (Phi) is 5.63. The van der Waals surface area contributed by atoms with Crippen LogP contribution in [0.3, 0.4) is 0 Å². The van der Waals surface area contributed by atoms with Gasteiger partial charge in [-0.2, -0.15) is 18.3 Å². The minimum Gasteiger partial charge on any atom is -0.355 e. The van der Waals surface area contributed by atoms with E-state index < -0.39 is 11.7 Å². The van der Waals surface area contributed by atoms with Crippen LogP contribution < -0.4 is 4.90 Å². The highest BCUT2D eigenvalue weighted by atomic mass is 19.4. The summed E-state index contributed by atoms with van der Waals surface area (Å²) in [4.78, 5) is 8.56. The standard InChI is InChI=1S/C24H26F3N5/c25-24(26,27)18-10-11-23(28-16-18)31-13-5-12-30(14-15-31)17-21-20-8-4-9-22(20)32(29-21)19-6-2-1-3-7-19/h1-3,6-7,10-11,16H,4-5,8-9,12-15,17H2. The SMILES string of the molecule is FC(F)(F)c1ccc(N2CCCN(Cc3nn(-c4ccccc4)c4c3CCC4)CC2)nc1. The van der Waals surface area contributed by atoms with E-state index in [0.717, 1.165) is 75.6 Å². The van der Waals surface area contributed by atoms with E-state index in [1.54, 1.807) is 0 Å². The second-order valence-electron chi connectivity index (χ2n) is 8.49. The van der Waals surface area contributed by atoms with E-state index in [1.165, 1.54) is 23.7 Å². The number of hydrogen-bond donors (Lipinski definition) is 0. The third kappa shape index (κ3) is 4.24. The molecule has 0 radical (unpaired) electrons. The molecule has 5 nitrogen and oxygen atoms in total. The van der Waals surface area contributed by atoms with Crippen LogP contribution in [0.1, 0.15) is 35.4 Å². The van der Waals surface area contributed by atoms with Crippen LogP contribution in [-0.4, -0.2) is 45.8 Å². The van der Waals surface area contributed by atoms with Crippen molar-refractivity contribution in [3.05, 3.63) is 71.2 Å². The lowest BCUT2D eigenvalue weighted by Gasteiger charge is -2.23. The molecule has 168 valence electrons. The van der Waals surface area contributed by atoms with Crippen molar-refractivity contribution in [2.45, 2.75) is 38.4 Å². The van der Waals surface area contributed by atoms with Crippen LogP contribution in [0.25, 0.3) is 5.69 Å². The molecule has 1 aromatic carbocycles. The fourth-order valence-electron chi connectivity index (χ4n) is 4.73. The second kappa shape index (κ2) is 8.58. The third-order valence-electron chi connectivity index (χ3n) is 6.38. The van der Waals surface area contributed by atoms with Crippen molar-refractivity contribution in [3.63, 3.8) is 0 Å². The Morgan fingerprint density at radius 1 is 0.875 bits per heavy atom. The molecule has 3 aromatic rings. The highest BCUT2D eigenvalue weighted by molar-refractivity contribution is 5.41. The number of fused-ring (bicyclic) bond motifs is 1. The summed E-state index contributed by atoms with van der Waals surface area (Å²) in [5.74, 6) is 0.606. The predicted molar refractivity (Wildman–Crippen MR) is 117 cm³/mol. The van der Waals surface area contributed by atoms with Gasteiger partial charge in [-0.25, -0.2) is 9.67 Å². The summed E-state index contributed by atoms with van der Waals surface area (Å²) < 4.78 is 40.6. The Morgan fingerprint density at radius 3 is 2.47 bits per heavy atom. The molecular formula is C24H26F3N5. The van der Waals surface area contributed by atoms with Gasteiger partial charge in [0.15, 0.2) is 0 Å². The van der Waals surface area contributed by atoms with Crippen molar-refractivity contribution in [1.29, 1.82) is 0 Å². The van der Waals surface area contributed by atoms with Gasteiger partial charge >= 0.3 is 6.18 Å². The van der Waals surface area contributed by atoms with Gasteiger partial charge in [0.2, 0.25) is 0 Å². The van der Waals surface area contributed by atoms with Crippen LogP contribution in [0.4, 0.5) is 19.0 Å². The topological polar surface area (TPSA) is 37.2 Å². The Bertz CT molecular complexity index is 1060. The van der Waals surface area contributed by atoms with Gasteiger partial charge in [0.25, 0.3) is 0 Å². The summed E-state index contributed by atoms with van der Waals surface area (Å²) in [6.45, 7) is 4.08. The van der Waals surface area contributed by atoms with E-state index in [2.05, 4.69) is 31.6 Å². The highest BCUT2D eigenvalue weighted by Gasteiger charge is 2.31. The lowest BCUT2D eigenvalue weighted by molar-refractivity contribution is -0.137. The zero-order valence-electron chi connectivity index (χ0n) is 17.9. The van der Waals surface area contributed by atoms with Gasteiger partial charge in [0.1, 0.15) is 5.82 Å². The number of pyridine rings is 1. The number of benzene rings is 1. The molecule has 0 amide bonds. The summed E-state index contributed by atoms with van der Waals surface area (Å²) in [5.41, 5.74) is 4.27. The summed E-state index contributed by atoms with van der Waals surface area (Å²) in [5, 5.41) is 4.98. The fraction of sp³-hybridized carbons (Fsp3) is 0.417. The molecule has 5 rings (SSSR count). The summed E-state index contributed by atoms with van der Waals surface area (Å²) in [6, 6.07) is 12.9. The van der Waals surface area contributed by atoms with Crippen LogP contribution in [0.2, 0.25) is 0 Å². The van der Waals surface area contributed by atoms with Crippen molar-refractivity contribution in [2.75, 3.05) is 31.1 Å². The first-order valence-corrected chi connectivity index (χ1v) is 11.1. The van der Waals surface area contributed by atoms with Crippen molar-refractivity contribution >= 4 is 5.82 Å². The molecule has 3 heterocycles. The molecule has 2 aliphatic rings. The van der Waals surface area contributed by atoms with Crippen LogP contribution >= 0.6 is 0 Å². The average molecular weight is 442 g/mol. The fourth-order valence-corrected chi connectivity index (χ4v) is 4.73. The van der Waals surface area contributed by atoms with E-state index in [1.807, 2.05) is 18.2 Å². The van der Waals surface area contributed by atoms with Crippen molar-refractivity contribution in [2.24, 2.45) is 0 Å². The maximum atomic E-state index is 12.8. The number of anilines is 1. The predicted octanol–water partition coefficient (Wildman–Crippen LogP) is 4.49. The first-order valence-electron chi connectivity index (χ1n) is 11.1. The monoisotopic (exact) mass is 441 g/mol. The molecule has 0 N–H and O–H groups in total. The molecule has 1 aliphatic carbocycles. The molecule has 1 saturated heterocycles. The van der Waals surface area contributed by atoms with Gasteiger partial charge < -0.3 is 4.90 Å². The van der Waals surface area contributed by atoms with Gasteiger partial charge in [0, 0.05) is 44.6 Å². The molecule has 1 fully saturated rings. The first-order chi connectivity index (χ1) is 15.5. The second-order valence-corrected chi connectivity index (χ2v) is 8.49. The molecule has 0 atom stereocenters. The van der Waals surface area contributed by atoms with Crippen molar-refractivity contribution in [3.8, 4) is 5.69 Å². The van der Waals surface area contributed by atoms with E-state index in [4.69, 9.17) is 5.10 Å². The number of halogens is 3. The van der Waals surface area contributed by atoms with Gasteiger partial charge in [-0.15, -0.1) is 0 Å². The minimum absolute atomic E-state index is 0.606. The quantitative estimate of drug-likeness (QED) is 0.598. The summed E-state index contributed by atoms with van der Waals surface area (Å²) >= 11 is 0. The number of aromatic nitrogens is 3. The van der Waals surface area contributed by atoms with E-state index >= 15 is 0 Å². The zero-order chi connectivity index (χ0) is 22.1. The van der Waals surface area contributed by atoms with Crippen molar-refractivity contribution in [1.82, 2.24) is 19.7 Å². The van der Waals surface area contributed by atoms with E-state index in [9.17, 15) is 13.2 Å². The van der Waals surface area contributed by atoms with Crippen molar-refractivity contribution < 1.29 is 13.2 Å². The lowest BCUT2D eigenvalue weighted by Crippen LogP contribution is -2.31. The zero-order valence-corrected chi connectivity index (χ0v) is 17.9. The van der Waals surface area contributed by atoms with Crippen LogP contribution in [0, 0.1) is 0 Å². The maximum Gasteiger partial charge on any atom is 0.417 e. The molecule has 1 aliphatic heterocycles. The van der Waals surface area contributed by atoms with Gasteiger partial charge in [-0.05, 0) is 55.5 Å². The smallest absolute Gasteiger partial charge is 0.355 e. The van der Waals surface area contributed by atoms with Gasteiger partial charge in [0.05, 0.1) is 16.9 Å². The molecular weight excluding hydrogens is 415 g/mol. The summed E-state index contributed by atoms with van der Waals surface area (Å²) in [6.07, 6.45) is 0.810. The lowest BCUT2D eigenvalue weighted by atomic mass is 10.2. The molecule has 0 bridgehead atoms. The number of alkyl halides is 3. The molecule has 0 spiro atoms. The van der Waals surface area contributed by atoms with Gasteiger partial charge in [-0.1, -0.05) is 18.2 Å². The van der Waals surface area contributed by atoms with Crippen LogP contribution in [-0.2, 0) is 25.6 Å². The van der Waals surface area contributed by atoms with Crippen LogP contribution in [0.5, 0.6) is 0 Å². The number of para-hydroxylation sites is 1. The Labute approximate surface area is 185 Å². The Morgan fingerprint density at radius 2 is 1.72 bits per heavy atom.